The molecule has 1 rings (SSSR count). The fourth-order valence-electron chi connectivity index (χ4n) is 0.459. The normalized spacial score (nSPS) is 8.33. The van der Waals surface area contributed by atoms with Crippen LogP contribution >= 0.6 is 11.3 Å². The van der Waals surface area contributed by atoms with E-state index in [1.54, 1.807) is 11.4 Å². The van der Waals surface area contributed by atoms with Crippen molar-refractivity contribution in [1.29, 1.82) is 0 Å². The van der Waals surface area contributed by atoms with Gasteiger partial charge in [0.2, 0.25) is 5.00 Å². The molecule has 0 saturated heterocycles. The van der Waals surface area contributed by atoms with E-state index in [-0.39, 0.29) is 0 Å². The van der Waals surface area contributed by atoms with Crippen molar-refractivity contribution >= 4 is 22.6 Å². The van der Waals surface area contributed by atoms with Gasteiger partial charge in [-0.2, -0.15) is 11.3 Å². The number of thiophene rings is 1. The summed E-state index contributed by atoms with van der Waals surface area (Å²) < 4.78 is 0. The highest BCUT2D eigenvalue weighted by atomic mass is 32.1. The predicted octanol–water partition coefficient (Wildman–Crippen LogP) is 2.11. The molecule has 0 aliphatic rings. The number of aldehydes is 1. The van der Waals surface area contributed by atoms with Crippen molar-refractivity contribution in [2.24, 2.45) is 0 Å². The van der Waals surface area contributed by atoms with Gasteiger partial charge < -0.3 is 0 Å². The fourth-order valence-corrected chi connectivity index (χ4v) is 1.10. The Morgan fingerprint density at radius 3 is 2.89 bits per heavy atom. The molecule has 0 N–H and O–H groups in total. The maximum absolute atomic E-state index is 10.0. The molecular weight excluding hydrogens is 134 g/mol. The lowest BCUT2D eigenvalue weighted by atomic mass is 10.4. The van der Waals surface area contributed by atoms with Crippen LogP contribution in [0.4, 0.5) is 5.00 Å². The molecule has 9 heavy (non-hydrogen) atoms. The number of carbonyl (C=O) groups excluding carboxylic acids is 1. The van der Waals surface area contributed by atoms with E-state index in [2.05, 4.69) is 4.85 Å². The van der Waals surface area contributed by atoms with Gasteiger partial charge in [-0.05, 0) is 11.4 Å². The van der Waals surface area contributed by atoms with Crippen molar-refractivity contribution in [1.82, 2.24) is 0 Å². The van der Waals surface area contributed by atoms with E-state index in [0.29, 0.717) is 10.6 Å². The van der Waals surface area contributed by atoms with Gasteiger partial charge in [0.1, 0.15) is 6.29 Å². The molecule has 2 nitrogen and oxygen atoms in total. The predicted molar refractivity (Wildman–Crippen MR) is 36.0 cm³/mol. The van der Waals surface area contributed by atoms with Gasteiger partial charge in [-0.15, -0.1) is 0 Å². The summed E-state index contributed by atoms with van der Waals surface area (Å²) in [6.07, 6.45) is 0.741. The molecule has 0 radical (unpaired) electrons. The van der Waals surface area contributed by atoms with Gasteiger partial charge in [0, 0.05) is 5.56 Å². The summed E-state index contributed by atoms with van der Waals surface area (Å²) in [5.41, 5.74) is 0.589. The van der Waals surface area contributed by atoms with Crippen LogP contribution in [0.15, 0.2) is 11.4 Å². The average molecular weight is 137 g/mol. The van der Waals surface area contributed by atoms with Gasteiger partial charge in [-0.25, -0.2) is 4.85 Å². The highest BCUT2D eigenvalue weighted by Gasteiger charge is 1.94. The summed E-state index contributed by atoms with van der Waals surface area (Å²) in [6.45, 7) is 6.55. The lowest BCUT2D eigenvalue weighted by Gasteiger charge is -1.69. The molecule has 0 saturated carbocycles. The zero-order valence-electron chi connectivity index (χ0n) is 4.50. The maximum atomic E-state index is 10.0. The Hall–Kier alpha value is -1.14. The molecule has 1 heterocycles. The maximum Gasteiger partial charge on any atom is 0.241 e. The first-order valence-corrected chi connectivity index (χ1v) is 3.16. The average Bonchev–Trinajstić information content (AvgIpc) is 2.34. The highest BCUT2D eigenvalue weighted by molar-refractivity contribution is 7.14. The van der Waals surface area contributed by atoms with Gasteiger partial charge in [0.15, 0.2) is 0 Å². The summed E-state index contributed by atoms with van der Waals surface area (Å²) in [7, 11) is 0. The SMILES string of the molecule is [C-]#[N+]c1cc(C=O)cs1. The lowest BCUT2D eigenvalue weighted by molar-refractivity contribution is 0.112. The first-order valence-electron chi connectivity index (χ1n) is 2.28. The first-order chi connectivity index (χ1) is 4.36. The molecule has 0 aliphatic heterocycles. The van der Waals surface area contributed by atoms with Crippen LogP contribution in [0, 0.1) is 6.57 Å². The lowest BCUT2D eigenvalue weighted by Crippen LogP contribution is -1.65. The van der Waals surface area contributed by atoms with Crippen molar-refractivity contribution < 1.29 is 4.79 Å². The molecule has 0 spiro atoms. The molecule has 0 fully saturated rings. The smallest absolute Gasteiger partial charge is 0.241 e. The molecule has 0 unspecified atom stereocenters. The first kappa shape index (κ1) is 5.99. The summed E-state index contributed by atoms with van der Waals surface area (Å²) >= 11 is 1.29. The van der Waals surface area contributed by atoms with Gasteiger partial charge in [-0.1, -0.05) is 0 Å². The van der Waals surface area contributed by atoms with Crippen molar-refractivity contribution in [3.63, 3.8) is 0 Å². The summed E-state index contributed by atoms with van der Waals surface area (Å²) in [4.78, 5) is 13.2. The van der Waals surface area contributed by atoms with E-state index in [9.17, 15) is 4.79 Å². The van der Waals surface area contributed by atoms with Crippen molar-refractivity contribution in [3.05, 3.63) is 28.4 Å². The van der Waals surface area contributed by atoms with Crippen LogP contribution in [0.1, 0.15) is 10.4 Å². The van der Waals surface area contributed by atoms with E-state index in [1.807, 2.05) is 0 Å². The van der Waals surface area contributed by atoms with Gasteiger partial charge in [0.25, 0.3) is 0 Å². The minimum Gasteiger partial charge on any atom is -0.298 e. The highest BCUT2D eigenvalue weighted by Crippen LogP contribution is 2.21. The van der Waals surface area contributed by atoms with E-state index in [4.69, 9.17) is 6.57 Å². The van der Waals surface area contributed by atoms with Crippen LogP contribution in [0.3, 0.4) is 0 Å². The second-order valence-corrected chi connectivity index (χ2v) is 2.34. The standard InChI is InChI=1S/C6H3NOS/c1-7-6-2-5(3-8)4-9-6/h2-4H. The van der Waals surface area contributed by atoms with E-state index < -0.39 is 0 Å². The second kappa shape index (κ2) is 2.42. The topological polar surface area (TPSA) is 21.4 Å². The number of nitrogens with zero attached hydrogens (tertiary/aromatic N) is 1. The Kier molecular flexibility index (Phi) is 1.61. The third kappa shape index (κ3) is 1.15. The Labute approximate surface area is 56.6 Å². The molecule has 0 amide bonds. The van der Waals surface area contributed by atoms with E-state index in [1.165, 1.54) is 11.3 Å². The molecule has 1 aromatic rings. The number of rotatable bonds is 1. The largest absolute Gasteiger partial charge is 0.298 e. The van der Waals surface area contributed by atoms with Crippen LogP contribution in [0.25, 0.3) is 4.85 Å². The van der Waals surface area contributed by atoms with E-state index >= 15 is 0 Å². The summed E-state index contributed by atoms with van der Waals surface area (Å²) in [5, 5.41) is 2.23. The van der Waals surface area contributed by atoms with Crippen LogP contribution in [0.5, 0.6) is 0 Å². The molecule has 0 atom stereocenters. The van der Waals surface area contributed by atoms with Crippen LogP contribution < -0.4 is 0 Å². The number of carbonyl (C=O) groups is 1. The molecule has 0 bridgehead atoms. The Morgan fingerprint density at radius 1 is 1.78 bits per heavy atom. The fraction of sp³-hybridized carbons (Fsp3) is 0. The van der Waals surface area contributed by atoms with Crippen LogP contribution in [-0.4, -0.2) is 6.29 Å². The Balaban J connectivity index is 3.03. The van der Waals surface area contributed by atoms with Gasteiger partial charge in [-0.3, -0.25) is 4.79 Å². The van der Waals surface area contributed by atoms with Crippen molar-refractivity contribution in [2.45, 2.75) is 0 Å². The Bertz CT molecular complexity index is 258. The van der Waals surface area contributed by atoms with Gasteiger partial charge >= 0.3 is 0 Å². The van der Waals surface area contributed by atoms with Crippen molar-refractivity contribution in [2.75, 3.05) is 0 Å². The minimum absolute atomic E-state index is 0.567. The second-order valence-electron chi connectivity index (χ2n) is 1.45. The molecule has 1 aromatic heterocycles. The molecule has 0 aliphatic carbocycles. The van der Waals surface area contributed by atoms with Gasteiger partial charge in [0.05, 0.1) is 6.57 Å². The zero-order chi connectivity index (χ0) is 6.69. The van der Waals surface area contributed by atoms with Crippen LogP contribution in [-0.2, 0) is 0 Å². The molecule has 0 aromatic carbocycles. The monoisotopic (exact) mass is 137 g/mol. The third-order valence-electron chi connectivity index (χ3n) is 0.852. The minimum atomic E-state index is 0.567. The third-order valence-corrected chi connectivity index (χ3v) is 1.69. The van der Waals surface area contributed by atoms with Crippen LogP contribution in [0.2, 0.25) is 0 Å². The van der Waals surface area contributed by atoms with E-state index in [0.717, 1.165) is 6.29 Å². The quantitative estimate of drug-likeness (QED) is 0.429. The Morgan fingerprint density at radius 2 is 2.56 bits per heavy atom. The zero-order valence-corrected chi connectivity index (χ0v) is 5.31. The molecule has 3 heteroatoms. The molecular formula is C6H3NOS. The summed E-state index contributed by atoms with van der Waals surface area (Å²) in [5.74, 6) is 0. The van der Waals surface area contributed by atoms with Crippen molar-refractivity contribution in [3.8, 4) is 0 Å². The molecule has 44 valence electrons. The summed E-state index contributed by atoms with van der Waals surface area (Å²) in [6, 6.07) is 1.57. The number of hydrogen-bond acceptors (Lipinski definition) is 2. The number of hydrogen-bond donors (Lipinski definition) is 0.